The number of H-pyrrole nitrogens is 1. The number of rotatable bonds is 5. The van der Waals surface area contributed by atoms with Crippen molar-refractivity contribution in [1.82, 2.24) is 29.7 Å². The summed E-state index contributed by atoms with van der Waals surface area (Å²) in [6.07, 6.45) is 5.28. The molecule has 4 heterocycles. The lowest BCUT2D eigenvalue weighted by molar-refractivity contribution is 0.0263. The van der Waals surface area contributed by atoms with E-state index in [1.54, 1.807) is 0 Å². The van der Waals surface area contributed by atoms with Crippen LogP contribution < -0.4 is 5.32 Å². The van der Waals surface area contributed by atoms with E-state index in [1.165, 1.54) is 12.8 Å². The highest BCUT2D eigenvalue weighted by Gasteiger charge is 2.30. The zero-order chi connectivity index (χ0) is 20.1. The van der Waals surface area contributed by atoms with Crippen LogP contribution in [-0.2, 0) is 11.3 Å². The number of aromatic amines is 1. The Bertz CT molecular complexity index is 1180. The first kappa shape index (κ1) is 17.8. The van der Waals surface area contributed by atoms with Gasteiger partial charge in [0.05, 0.1) is 35.9 Å². The normalized spacial score (nSPS) is 22.0. The molecular formula is C22H25N7O. The summed E-state index contributed by atoms with van der Waals surface area (Å²) in [5.41, 5.74) is 4.80. The Morgan fingerprint density at radius 2 is 2.10 bits per heavy atom. The Labute approximate surface area is 174 Å². The number of fused-ring (bicyclic) bond motifs is 2. The van der Waals surface area contributed by atoms with E-state index in [9.17, 15) is 0 Å². The van der Waals surface area contributed by atoms with Crippen molar-refractivity contribution in [2.45, 2.75) is 44.7 Å². The van der Waals surface area contributed by atoms with Gasteiger partial charge in [-0.25, -0.2) is 19.6 Å². The monoisotopic (exact) mass is 403 g/mol. The first-order valence-corrected chi connectivity index (χ1v) is 10.8. The van der Waals surface area contributed by atoms with Crippen LogP contribution in [-0.4, -0.2) is 42.9 Å². The highest BCUT2D eigenvalue weighted by molar-refractivity contribution is 5.83. The number of imidazole rings is 1. The summed E-state index contributed by atoms with van der Waals surface area (Å²) >= 11 is 0. The number of para-hydroxylation sites is 2. The topological polar surface area (TPSA) is 93.5 Å². The maximum absolute atomic E-state index is 5.65. The Morgan fingerprint density at radius 3 is 2.93 bits per heavy atom. The summed E-state index contributed by atoms with van der Waals surface area (Å²) in [6, 6.07) is 8.32. The van der Waals surface area contributed by atoms with Crippen molar-refractivity contribution in [2.24, 2.45) is 5.92 Å². The zero-order valence-electron chi connectivity index (χ0n) is 17.0. The summed E-state index contributed by atoms with van der Waals surface area (Å²) in [6.45, 7) is 4.28. The van der Waals surface area contributed by atoms with E-state index in [2.05, 4.69) is 26.9 Å². The Hall–Kier alpha value is -3.00. The van der Waals surface area contributed by atoms with Crippen LogP contribution in [0.1, 0.15) is 49.7 Å². The number of ether oxygens (including phenoxy) is 1. The lowest BCUT2D eigenvalue weighted by atomic mass is 9.98. The van der Waals surface area contributed by atoms with Crippen LogP contribution in [0.3, 0.4) is 0 Å². The number of nitrogens with zero attached hydrogens (tertiary/aromatic N) is 5. The van der Waals surface area contributed by atoms with Crippen LogP contribution >= 0.6 is 0 Å². The number of hydrogen-bond acceptors (Lipinski definition) is 6. The molecule has 4 aromatic rings. The molecule has 154 valence electrons. The minimum atomic E-state index is 0.270. The van der Waals surface area contributed by atoms with E-state index < -0.39 is 0 Å². The number of aromatic nitrogens is 6. The van der Waals surface area contributed by atoms with Crippen molar-refractivity contribution in [2.75, 3.05) is 18.5 Å². The highest BCUT2D eigenvalue weighted by Crippen LogP contribution is 2.40. The molecule has 1 aromatic carbocycles. The summed E-state index contributed by atoms with van der Waals surface area (Å²) in [5.74, 6) is 2.58. The maximum atomic E-state index is 5.65. The van der Waals surface area contributed by atoms with Gasteiger partial charge in [0.15, 0.2) is 17.0 Å². The van der Waals surface area contributed by atoms with E-state index in [0.717, 1.165) is 59.2 Å². The molecule has 1 aliphatic heterocycles. The molecule has 2 fully saturated rings. The number of anilines is 1. The standard InChI is InChI=1S/C22H25N7O/c1-13-12-30-9-8-18(13)29-22-20(23-10-17(27-22)14-6-7-14)21(28-29)24-11-19-25-15-4-2-3-5-16(15)26-19/h2-5,10,13-14,18H,6-9,11-12H2,1H3,(H,24,28)(H,25,26)/t13-,18-/m1/s1. The predicted octanol–water partition coefficient (Wildman–Crippen LogP) is 3.79. The van der Waals surface area contributed by atoms with Crippen molar-refractivity contribution in [3.63, 3.8) is 0 Å². The smallest absolute Gasteiger partial charge is 0.179 e. The third kappa shape index (κ3) is 3.11. The fraction of sp³-hybridized carbons (Fsp3) is 0.455. The van der Waals surface area contributed by atoms with E-state index in [0.29, 0.717) is 18.4 Å². The molecular weight excluding hydrogens is 378 g/mol. The molecule has 0 radical (unpaired) electrons. The molecule has 6 rings (SSSR count). The van der Waals surface area contributed by atoms with Crippen molar-refractivity contribution in [3.05, 3.63) is 42.0 Å². The van der Waals surface area contributed by atoms with Crippen LogP contribution in [0.2, 0.25) is 0 Å². The van der Waals surface area contributed by atoms with Crippen molar-refractivity contribution in [3.8, 4) is 0 Å². The lowest BCUT2D eigenvalue weighted by Gasteiger charge is -2.29. The Morgan fingerprint density at radius 1 is 1.20 bits per heavy atom. The SMILES string of the molecule is C[C@@H]1COCC[C@H]1n1nc(NCc2nc3ccccc3[nH]2)c2ncc(C3CC3)nc21. The van der Waals surface area contributed by atoms with Gasteiger partial charge in [0.1, 0.15) is 5.82 Å². The molecule has 30 heavy (non-hydrogen) atoms. The average molecular weight is 403 g/mol. The number of benzene rings is 1. The van der Waals surface area contributed by atoms with Crippen LogP contribution in [0.25, 0.3) is 22.2 Å². The molecule has 0 spiro atoms. The van der Waals surface area contributed by atoms with Gasteiger partial charge in [-0.05, 0) is 31.4 Å². The molecule has 2 aliphatic rings. The van der Waals surface area contributed by atoms with Gasteiger partial charge in [0, 0.05) is 24.6 Å². The summed E-state index contributed by atoms with van der Waals surface area (Å²) in [5, 5.41) is 8.38. The summed E-state index contributed by atoms with van der Waals surface area (Å²) in [4.78, 5) is 17.8. The molecule has 8 nitrogen and oxygen atoms in total. The summed E-state index contributed by atoms with van der Waals surface area (Å²) < 4.78 is 7.74. The molecule has 2 N–H and O–H groups in total. The second-order valence-corrected chi connectivity index (χ2v) is 8.50. The largest absolute Gasteiger partial charge is 0.381 e. The fourth-order valence-corrected chi connectivity index (χ4v) is 4.34. The van der Waals surface area contributed by atoms with Crippen LogP contribution in [0.5, 0.6) is 0 Å². The van der Waals surface area contributed by atoms with Crippen molar-refractivity contribution >= 4 is 28.0 Å². The molecule has 3 aromatic heterocycles. The van der Waals surface area contributed by atoms with Gasteiger partial charge in [-0.2, -0.15) is 5.10 Å². The highest BCUT2D eigenvalue weighted by atomic mass is 16.5. The average Bonchev–Trinajstić information content (AvgIpc) is 3.44. The summed E-state index contributed by atoms with van der Waals surface area (Å²) in [7, 11) is 0. The number of hydrogen-bond donors (Lipinski definition) is 2. The van der Waals surface area contributed by atoms with E-state index in [1.807, 2.05) is 30.5 Å². The second-order valence-electron chi connectivity index (χ2n) is 8.50. The van der Waals surface area contributed by atoms with E-state index >= 15 is 0 Å². The predicted molar refractivity (Wildman–Crippen MR) is 114 cm³/mol. The van der Waals surface area contributed by atoms with Crippen LogP contribution in [0, 0.1) is 5.92 Å². The lowest BCUT2D eigenvalue weighted by Crippen LogP contribution is -2.28. The minimum Gasteiger partial charge on any atom is -0.381 e. The quantitative estimate of drug-likeness (QED) is 0.527. The van der Waals surface area contributed by atoms with Gasteiger partial charge in [-0.15, -0.1) is 0 Å². The Kier molecular flexibility index (Phi) is 4.19. The maximum Gasteiger partial charge on any atom is 0.179 e. The first-order chi connectivity index (χ1) is 14.8. The van der Waals surface area contributed by atoms with Crippen LogP contribution in [0.4, 0.5) is 5.82 Å². The first-order valence-electron chi connectivity index (χ1n) is 10.8. The van der Waals surface area contributed by atoms with Crippen molar-refractivity contribution in [1.29, 1.82) is 0 Å². The third-order valence-electron chi connectivity index (χ3n) is 6.19. The Balaban J connectivity index is 1.35. The number of nitrogens with one attached hydrogen (secondary N) is 2. The molecule has 0 unspecified atom stereocenters. The fourth-order valence-electron chi connectivity index (χ4n) is 4.34. The zero-order valence-corrected chi connectivity index (χ0v) is 17.0. The molecule has 1 saturated carbocycles. The van der Waals surface area contributed by atoms with Gasteiger partial charge in [0.25, 0.3) is 0 Å². The molecule has 1 saturated heterocycles. The van der Waals surface area contributed by atoms with E-state index in [4.69, 9.17) is 19.8 Å². The molecule has 8 heteroatoms. The molecule has 0 amide bonds. The van der Waals surface area contributed by atoms with Gasteiger partial charge >= 0.3 is 0 Å². The molecule has 2 atom stereocenters. The van der Waals surface area contributed by atoms with Crippen LogP contribution in [0.15, 0.2) is 30.5 Å². The van der Waals surface area contributed by atoms with E-state index in [-0.39, 0.29) is 6.04 Å². The third-order valence-corrected chi connectivity index (χ3v) is 6.19. The van der Waals surface area contributed by atoms with Gasteiger partial charge < -0.3 is 15.0 Å². The minimum absolute atomic E-state index is 0.270. The van der Waals surface area contributed by atoms with Gasteiger partial charge in [-0.3, -0.25) is 0 Å². The van der Waals surface area contributed by atoms with Gasteiger partial charge in [-0.1, -0.05) is 19.1 Å². The second kappa shape index (κ2) is 7.05. The molecule has 0 bridgehead atoms. The van der Waals surface area contributed by atoms with Crippen molar-refractivity contribution < 1.29 is 4.74 Å². The molecule has 1 aliphatic carbocycles. The van der Waals surface area contributed by atoms with Gasteiger partial charge in [0.2, 0.25) is 0 Å².